The van der Waals surface area contributed by atoms with Gasteiger partial charge in [0.25, 0.3) is 0 Å². The molecule has 1 aliphatic rings. The molecular formula is C17H15NO2. The van der Waals surface area contributed by atoms with Crippen molar-refractivity contribution in [3.05, 3.63) is 53.6 Å². The van der Waals surface area contributed by atoms with Crippen LogP contribution >= 0.6 is 0 Å². The van der Waals surface area contributed by atoms with E-state index in [0.717, 1.165) is 36.1 Å². The molecule has 1 amide bonds. The Morgan fingerprint density at radius 1 is 1.15 bits per heavy atom. The first kappa shape index (κ1) is 12.6. The summed E-state index contributed by atoms with van der Waals surface area (Å²) in [4.78, 5) is 24.2. The number of nitrogens with zero attached hydrogens (tertiary/aromatic N) is 1. The fourth-order valence-corrected chi connectivity index (χ4v) is 2.70. The Balaban J connectivity index is 2.01. The topological polar surface area (TPSA) is 37.4 Å². The molecule has 0 radical (unpaired) electrons. The minimum absolute atomic E-state index is 0.0828. The van der Waals surface area contributed by atoms with E-state index in [1.165, 1.54) is 5.56 Å². The highest BCUT2D eigenvalue weighted by Gasteiger charge is 2.22. The van der Waals surface area contributed by atoms with Crippen LogP contribution in [0.1, 0.15) is 22.8 Å². The fourth-order valence-electron chi connectivity index (χ4n) is 2.70. The van der Waals surface area contributed by atoms with Gasteiger partial charge in [-0.2, -0.15) is 0 Å². The molecule has 1 heterocycles. The number of amides is 1. The van der Waals surface area contributed by atoms with E-state index in [-0.39, 0.29) is 5.91 Å². The highest BCUT2D eigenvalue weighted by molar-refractivity contribution is 5.94. The number of fused-ring (bicyclic) bond motifs is 1. The summed E-state index contributed by atoms with van der Waals surface area (Å²) in [6.07, 6.45) is 1.74. The molecule has 2 aromatic rings. The van der Waals surface area contributed by atoms with Crippen molar-refractivity contribution in [1.29, 1.82) is 0 Å². The van der Waals surface area contributed by atoms with E-state index in [9.17, 15) is 9.59 Å². The summed E-state index contributed by atoms with van der Waals surface area (Å²) in [7, 11) is 0. The molecule has 3 nitrogen and oxygen atoms in total. The van der Waals surface area contributed by atoms with E-state index in [0.29, 0.717) is 5.56 Å². The molecule has 3 rings (SSSR count). The van der Waals surface area contributed by atoms with Gasteiger partial charge in [-0.15, -0.1) is 0 Å². The minimum Gasteiger partial charge on any atom is -0.312 e. The van der Waals surface area contributed by atoms with E-state index < -0.39 is 0 Å². The lowest BCUT2D eigenvalue weighted by Crippen LogP contribution is -2.25. The highest BCUT2D eigenvalue weighted by Crippen LogP contribution is 2.32. The molecule has 1 aliphatic heterocycles. The zero-order valence-electron chi connectivity index (χ0n) is 11.3. The molecule has 2 aromatic carbocycles. The third kappa shape index (κ3) is 2.11. The standard InChI is InChI=1S/C17H15NO2/c1-12(20)18-8-7-16-10-15(5-6-17(16)18)14-4-2-3-13(9-14)11-19/h2-6,9-11H,7-8H2,1H3. The second-order valence-corrected chi connectivity index (χ2v) is 5.01. The predicted molar refractivity (Wildman–Crippen MR) is 79.0 cm³/mol. The van der Waals surface area contributed by atoms with Crippen LogP contribution < -0.4 is 4.90 Å². The van der Waals surface area contributed by atoms with Crippen LogP contribution in [0, 0.1) is 0 Å². The van der Waals surface area contributed by atoms with Gasteiger partial charge < -0.3 is 4.90 Å². The first-order chi connectivity index (χ1) is 9.69. The lowest BCUT2D eigenvalue weighted by molar-refractivity contribution is -0.116. The molecule has 0 saturated carbocycles. The van der Waals surface area contributed by atoms with Crippen molar-refractivity contribution in [1.82, 2.24) is 0 Å². The van der Waals surface area contributed by atoms with Crippen molar-refractivity contribution >= 4 is 17.9 Å². The first-order valence-electron chi connectivity index (χ1n) is 6.65. The number of hydrogen-bond acceptors (Lipinski definition) is 2. The van der Waals surface area contributed by atoms with Gasteiger partial charge in [-0.25, -0.2) is 0 Å². The highest BCUT2D eigenvalue weighted by atomic mass is 16.2. The molecule has 0 aliphatic carbocycles. The lowest BCUT2D eigenvalue weighted by Gasteiger charge is -2.15. The molecule has 0 aromatic heterocycles. The number of hydrogen-bond donors (Lipinski definition) is 0. The van der Waals surface area contributed by atoms with Crippen LogP contribution in [0.3, 0.4) is 0 Å². The van der Waals surface area contributed by atoms with Crippen LogP contribution in [0.15, 0.2) is 42.5 Å². The molecule has 3 heteroatoms. The molecular weight excluding hydrogens is 250 g/mol. The molecule has 0 unspecified atom stereocenters. The predicted octanol–water partition coefficient (Wildman–Crippen LogP) is 3.08. The van der Waals surface area contributed by atoms with Gasteiger partial charge in [0.05, 0.1) is 0 Å². The van der Waals surface area contributed by atoms with Crippen molar-refractivity contribution in [2.24, 2.45) is 0 Å². The maximum Gasteiger partial charge on any atom is 0.223 e. The third-order valence-electron chi connectivity index (χ3n) is 3.71. The SMILES string of the molecule is CC(=O)N1CCc2cc(-c3cccc(C=O)c3)ccc21. The smallest absolute Gasteiger partial charge is 0.223 e. The van der Waals surface area contributed by atoms with Crippen LogP contribution in [0.2, 0.25) is 0 Å². The molecule has 0 bridgehead atoms. The summed E-state index contributed by atoms with van der Waals surface area (Å²) in [5, 5.41) is 0. The Hall–Kier alpha value is -2.42. The zero-order chi connectivity index (χ0) is 14.1. The van der Waals surface area contributed by atoms with Crippen LogP contribution in [-0.2, 0) is 11.2 Å². The van der Waals surface area contributed by atoms with E-state index in [1.54, 1.807) is 17.9 Å². The summed E-state index contributed by atoms with van der Waals surface area (Å²) in [6.45, 7) is 2.35. The monoisotopic (exact) mass is 265 g/mol. The summed E-state index contributed by atoms with van der Waals surface area (Å²) in [6, 6.07) is 13.7. The van der Waals surface area contributed by atoms with Gasteiger partial charge in [0.15, 0.2) is 0 Å². The average molecular weight is 265 g/mol. The lowest BCUT2D eigenvalue weighted by atomic mass is 10.0. The second-order valence-electron chi connectivity index (χ2n) is 5.01. The van der Waals surface area contributed by atoms with E-state index in [4.69, 9.17) is 0 Å². The minimum atomic E-state index is 0.0828. The van der Waals surface area contributed by atoms with Gasteiger partial charge >= 0.3 is 0 Å². The number of rotatable bonds is 2. The van der Waals surface area contributed by atoms with Crippen LogP contribution in [0.5, 0.6) is 0 Å². The summed E-state index contributed by atoms with van der Waals surface area (Å²) < 4.78 is 0. The number of anilines is 1. The Morgan fingerprint density at radius 3 is 2.70 bits per heavy atom. The number of aldehydes is 1. The maximum absolute atomic E-state index is 11.5. The molecule has 0 spiro atoms. The van der Waals surface area contributed by atoms with Gasteiger partial charge in [0.1, 0.15) is 6.29 Å². The number of carbonyl (C=O) groups is 2. The normalized spacial score (nSPS) is 13.2. The molecule has 0 saturated heterocycles. The number of benzene rings is 2. The summed E-state index contributed by atoms with van der Waals surface area (Å²) in [5.41, 5.74) is 4.98. The van der Waals surface area contributed by atoms with Crippen LogP contribution in [0.4, 0.5) is 5.69 Å². The van der Waals surface area contributed by atoms with Crippen molar-refractivity contribution in [2.45, 2.75) is 13.3 Å². The summed E-state index contributed by atoms with van der Waals surface area (Å²) in [5.74, 6) is 0.0828. The van der Waals surface area contributed by atoms with Crippen molar-refractivity contribution < 1.29 is 9.59 Å². The van der Waals surface area contributed by atoms with Crippen LogP contribution in [-0.4, -0.2) is 18.7 Å². The largest absolute Gasteiger partial charge is 0.312 e. The average Bonchev–Trinajstić information content (AvgIpc) is 2.90. The Kier molecular flexibility index (Phi) is 3.11. The van der Waals surface area contributed by atoms with Crippen molar-refractivity contribution in [3.8, 4) is 11.1 Å². The van der Waals surface area contributed by atoms with Crippen molar-refractivity contribution in [3.63, 3.8) is 0 Å². The molecule has 20 heavy (non-hydrogen) atoms. The van der Waals surface area contributed by atoms with Crippen molar-refractivity contribution in [2.75, 3.05) is 11.4 Å². The van der Waals surface area contributed by atoms with Crippen LogP contribution in [0.25, 0.3) is 11.1 Å². The second kappa shape index (κ2) is 4.93. The Morgan fingerprint density at radius 2 is 1.95 bits per heavy atom. The Bertz CT molecular complexity index is 691. The quantitative estimate of drug-likeness (QED) is 0.782. The Labute approximate surface area is 117 Å². The van der Waals surface area contributed by atoms with Gasteiger partial charge in [-0.3, -0.25) is 9.59 Å². The number of carbonyl (C=O) groups excluding carboxylic acids is 2. The van der Waals surface area contributed by atoms with E-state index in [1.807, 2.05) is 30.3 Å². The third-order valence-corrected chi connectivity index (χ3v) is 3.71. The summed E-state index contributed by atoms with van der Waals surface area (Å²) >= 11 is 0. The van der Waals surface area contributed by atoms with E-state index >= 15 is 0 Å². The molecule has 0 atom stereocenters. The van der Waals surface area contributed by atoms with Gasteiger partial charge in [0.2, 0.25) is 5.91 Å². The van der Waals surface area contributed by atoms with Gasteiger partial charge in [-0.05, 0) is 41.3 Å². The zero-order valence-corrected chi connectivity index (χ0v) is 11.3. The maximum atomic E-state index is 11.5. The molecule has 100 valence electrons. The van der Waals surface area contributed by atoms with E-state index in [2.05, 4.69) is 6.07 Å². The molecule has 0 N–H and O–H groups in total. The first-order valence-corrected chi connectivity index (χ1v) is 6.65. The van der Waals surface area contributed by atoms with Gasteiger partial charge in [-0.1, -0.05) is 24.3 Å². The molecule has 0 fully saturated rings. The van der Waals surface area contributed by atoms with Gasteiger partial charge in [0, 0.05) is 24.7 Å². The fraction of sp³-hybridized carbons (Fsp3) is 0.176.